The molecular weight excluding hydrogens is 156 g/mol. The summed E-state index contributed by atoms with van der Waals surface area (Å²) in [5, 5.41) is 9.46. The Hall–Kier alpha value is -0.120. The number of aliphatic hydroxyl groups excluding tert-OH is 1. The lowest BCUT2D eigenvalue weighted by Gasteiger charge is -2.33. The molecule has 1 saturated heterocycles. The van der Waals surface area contributed by atoms with Crippen LogP contribution in [0.1, 0.15) is 33.1 Å². The Labute approximate surface area is 73.7 Å². The van der Waals surface area contributed by atoms with Crippen molar-refractivity contribution < 1.29 is 14.6 Å². The summed E-state index contributed by atoms with van der Waals surface area (Å²) in [5.41, 5.74) is 0. The maximum absolute atomic E-state index is 9.46. The van der Waals surface area contributed by atoms with Gasteiger partial charge < -0.3 is 14.6 Å². The molecule has 0 aromatic carbocycles. The van der Waals surface area contributed by atoms with E-state index in [9.17, 15) is 5.11 Å². The molecule has 0 amide bonds. The second kappa shape index (κ2) is 4.80. The molecule has 0 aromatic rings. The molecule has 1 fully saturated rings. The number of hydrogen-bond donors (Lipinski definition) is 1. The van der Waals surface area contributed by atoms with Crippen LogP contribution in [0.2, 0.25) is 0 Å². The van der Waals surface area contributed by atoms with E-state index in [2.05, 4.69) is 6.92 Å². The van der Waals surface area contributed by atoms with Crippen LogP contribution in [0, 0.1) is 0 Å². The van der Waals surface area contributed by atoms with Gasteiger partial charge >= 0.3 is 0 Å². The summed E-state index contributed by atoms with van der Waals surface area (Å²) >= 11 is 0. The van der Waals surface area contributed by atoms with Gasteiger partial charge in [-0.3, -0.25) is 0 Å². The highest BCUT2D eigenvalue weighted by Gasteiger charge is 2.28. The molecule has 1 aliphatic heterocycles. The number of hydrogen-bond acceptors (Lipinski definition) is 3. The van der Waals surface area contributed by atoms with Crippen LogP contribution in [-0.4, -0.2) is 30.2 Å². The van der Waals surface area contributed by atoms with E-state index in [-0.39, 0.29) is 12.4 Å². The lowest BCUT2D eigenvalue weighted by atomic mass is 10.1. The molecule has 12 heavy (non-hydrogen) atoms. The van der Waals surface area contributed by atoms with Gasteiger partial charge in [-0.1, -0.05) is 20.3 Å². The average molecular weight is 174 g/mol. The quantitative estimate of drug-likeness (QED) is 0.701. The summed E-state index contributed by atoms with van der Waals surface area (Å²) in [6.07, 6.45) is 2.25. The van der Waals surface area contributed by atoms with Crippen molar-refractivity contribution in [1.29, 1.82) is 0 Å². The summed E-state index contributed by atoms with van der Waals surface area (Å²) < 4.78 is 10.8. The molecule has 0 bridgehead atoms. The molecule has 3 unspecified atom stereocenters. The summed E-state index contributed by atoms with van der Waals surface area (Å²) in [7, 11) is 0. The third-order valence-electron chi connectivity index (χ3n) is 2.12. The van der Waals surface area contributed by atoms with E-state index in [4.69, 9.17) is 9.47 Å². The van der Waals surface area contributed by atoms with Gasteiger partial charge in [-0.2, -0.15) is 0 Å². The molecule has 0 aliphatic carbocycles. The zero-order valence-electron chi connectivity index (χ0n) is 7.82. The topological polar surface area (TPSA) is 38.7 Å². The van der Waals surface area contributed by atoms with Crippen LogP contribution in [0.4, 0.5) is 0 Å². The van der Waals surface area contributed by atoms with Gasteiger partial charge in [-0.15, -0.1) is 0 Å². The van der Waals surface area contributed by atoms with Crippen molar-refractivity contribution in [2.45, 2.75) is 51.6 Å². The Morgan fingerprint density at radius 2 is 2.17 bits per heavy atom. The van der Waals surface area contributed by atoms with Gasteiger partial charge in [-0.05, 0) is 12.8 Å². The first-order valence-corrected chi connectivity index (χ1v) is 4.73. The maximum Gasteiger partial charge on any atom is 0.157 e. The molecule has 0 spiro atoms. The highest BCUT2D eigenvalue weighted by atomic mass is 16.7. The zero-order chi connectivity index (χ0) is 8.97. The van der Waals surface area contributed by atoms with Crippen molar-refractivity contribution in [2.75, 3.05) is 6.61 Å². The van der Waals surface area contributed by atoms with E-state index in [1.807, 2.05) is 6.92 Å². The molecule has 0 radical (unpaired) electrons. The van der Waals surface area contributed by atoms with Gasteiger partial charge in [0.25, 0.3) is 0 Å². The molecule has 3 nitrogen and oxygen atoms in total. The fraction of sp³-hybridized carbons (Fsp3) is 1.00. The first-order valence-electron chi connectivity index (χ1n) is 4.73. The monoisotopic (exact) mass is 174 g/mol. The molecule has 3 heteroatoms. The highest BCUT2D eigenvalue weighted by Crippen LogP contribution is 2.18. The molecule has 0 aromatic heterocycles. The van der Waals surface area contributed by atoms with Gasteiger partial charge in [0.15, 0.2) is 6.29 Å². The van der Waals surface area contributed by atoms with Crippen molar-refractivity contribution in [3.8, 4) is 0 Å². The molecule has 1 aliphatic rings. The van der Waals surface area contributed by atoms with E-state index in [1.165, 1.54) is 0 Å². The van der Waals surface area contributed by atoms with Gasteiger partial charge in [0.05, 0.1) is 12.7 Å². The van der Waals surface area contributed by atoms with Crippen LogP contribution in [0.25, 0.3) is 0 Å². The largest absolute Gasteiger partial charge is 0.388 e. The van der Waals surface area contributed by atoms with Crippen LogP contribution >= 0.6 is 0 Å². The molecule has 1 heterocycles. The average Bonchev–Trinajstić information content (AvgIpc) is 2.09. The fourth-order valence-electron chi connectivity index (χ4n) is 1.40. The molecule has 3 atom stereocenters. The lowest BCUT2D eigenvalue weighted by Crippen LogP contribution is -2.43. The Morgan fingerprint density at radius 3 is 2.75 bits per heavy atom. The van der Waals surface area contributed by atoms with Gasteiger partial charge in [0.2, 0.25) is 0 Å². The third kappa shape index (κ3) is 2.44. The van der Waals surface area contributed by atoms with Gasteiger partial charge in [0.1, 0.15) is 6.10 Å². The fourth-order valence-corrected chi connectivity index (χ4v) is 1.40. The number of aliphatic hydroxyl groups is 1. The minimum Gasteiger partial charge on any atom is -0.388 e. The van der Waals surface area contributed by atoms with Crippen molar-refractivity contribution in [3.05, 3.63) is 0 Å². The van der Waals surface area contributed by atoms with Gasteiger partial charge in [0, 0.05) is 0 Å². The highest BCUT2D eigenvalue weighted by molar-refractivity contribution is 4.72. The summed E-state index contributed by atoms with van der Waals surface area (Å²) in [6, 6.07) is 0. The van der Waals surface area contributed by atoms with Crippen LogP contribution < -0.4 is 0 Å². The van der Waals surface area contributed by atoms with Crippen molar-refractivity contribution in [3.63, 3.8) is 0 Å². The summed E-state index contributed by atoms with van der Waals surface area (Å²) in [6.45, 7) is 4.53. The van der Waals surface area contributed by atoms with E-state index >= 15 is 0 Å². The first-order chi connectivity index (χ1) is 5.77. The predicted octanol–water partition coefficient (Wildman–Crippen LogP) is 1.30. The Kier molecular flexibility index (Phi) is 3.98. The van der Waals surface area contributed by atoms with Crippen LogP contribution in [0.5, 0.6) is 0 Å². The first kappa shape index (κ1) is 9.96. The third-order valence-corrected chi connectivity index (χ3v) is 2.12. The molecular formula is C9H18O3. The predicted molar refractivity (Wildman–Crippen MR) is 45.8 cm³/mol. The lowest BCUT2D eigenvalue weighted by molar-refractivity contribution is -0.253. The van der Waals surface area contributed by atoms with Crippen LogP contribution in [-0.2, 0) is 9.47 Å². The normalized spacial score (nSPS) is 36.8. The Balaban J connectivity index is 2.36. The van der Waals surface area contributed by atoms with Crippen molar-refractivity contribution in [2.24, 2.45) is 0 Å². The van der Waals surface area contributed by atoms with Crippen LogP contribution in [0.3, 0.4) is 0 Å². The maximum atomic E-state index is 9.46. The molecule has 1 N–H and O–H groups in total. The standard InChI is InChI=1S/C9H18O3/c1-3-5-8-7(10)6-11-9(4-2)12-8/h7-10H,3-6H2,1-2H3. The van der Waals surface area contributed by atoms with Crippen LogP contribution in [0.15, 0.2) is 0 Å². The Morgan fingerprint density at radius 1 is 1.42 bits per heavy atom. The van der Waals surface area contributed by atoms with Crippen molar-refractivity contribution in [1.82, 2.24) is 0 Å². The second-order valence-corrected chi connectivity index (χ2v) is 3.20. The number of ether oxygens (including phenoxy) is 2. The van der Waals surface area contributed by atoms with E-state index < -0.39 is 6.10 Å². The Bertz CT molecular complexity index is 127. The minimum absolute atomic E-state index is 0.0197. The summed E-state index contributed by atoms with van der Waals surface area (Å²) in [5.74, 6) is 0. The zero-order valence-corrected chi connectivity index (χ0v) is 7.82. The molecule has 1 rings (SSSR count). The number of rotatable bonds is 3. The molecule has 0 saturated carbocycles. The molecule has 72 valence electrons. The van der Waals surface area contributed by atoms with E-state index in [0.29, 0.717) is 6.61 Å². The van der Waals surface area contributed by atoms with Crippen molar-refractivity contribution >= 4 is 0 Å². The SMILES string of the molecule is CCCC1OC(CC)OCC1O. The van der Waals surface area contributed by atoms with E-state index in [0.717, 1.165) is 19.3 Å². The second-order valence-electron chi connectivity index (χ2n) is 3.20. The minimum atomic E-state index is -0.437. The van der Waals surface area contributed by atoms with E-state index in [1.54, 1.807) is 0 Å². The smallest absolute Gasteiger partial charge is 0.157 e. The summed E-state index contributed by atoms with van der Waals surface area (Å²) in [4.78, 5) is 0. The van der Waals surface area contributed by atoms with Gasteiger partial charge in [-0.25, -0.2) is 0 Å².